The number of rotatable bonds is 5. The molecule has 2 aromatic carbocycles. The Morgan fingerprint density at radius 3 is 2.40 bits per heavy atom. The SMILES string of the molecule is O=C(O)Cc1ccccc1COc1ccc(F)c(F)c1. The Kier molecular flexibility index (Phi) is 4.30. The van der Waals surface area contributed by atoms with Crippen molar-refractivity contribution in [1.29, 1.82) is 0 Å². The highest BCUT2D eigenvalue weighted by molar-refractivity contribution is 5.70. The summed E-state index contributed by atoms with van der Waals surface area (Å²) in [5, 5.41) is 8.81. The Balaban J connectivity index is 2.10. The molecule has 104 valence electrons. The molecule has 3 nitrogen and oxygen atoms in total. The van der Waals surface area contributed by atoms with Crippen molar-refractivity contribution in [2.75, 3.05) is 0 Å². The van der Waals surface area contributed by atoms with Crippen molar-refractivity contribution in [2.45, 2.75) is 13.0 Å². The number of hydrogen-bond donors (Lipinski definition) is 1. The average Bonchev–Trinajstić information content (AvgIpc) is 2.41. The molecule has 2 aromatic rings. The molecule has 0 aliphatic heterocycles. The van der Waals surface area contributed by atoms with E-state index in [2.05, 4.69) is 0 Å². The third-order valence-corrected chi connectivity index (χ3v) is 2.75. The molecule has 0 bridgehead atoms. The minimum atomic E-state index is -0.985. The van der Waals surface area contributed by atoms with Gasteiger partial charge in [-0.15, -0.1) is 0 Å². The van der Waals surface area contributed by atoms with E-state index in [0.717, 1.165) is 12.1 Å². The smallest absolute Gasteiger partial charge is 0.307 e. The van der Waals surface area contributed by atoms with Crippen molar-refractivity contribution < 1.29 is 23.4 Å². The molecule has 0 spiro atoms. The lowest BCUT2D eigenvalue weighted by Gasteiger charge is -2.10. The minimum Gasteiger partial charge on any atom is -0.489 e. The van der Waals surface area contributed by atoms with Crippen molar-refractivity contribution in [3.05, 3.63) is 65.2 Å². The number of carboxylic acids is 1. The first-order valence-corrected chi connectivity index (χ1v) is 5.92. The molecule has 0 unspecified atom stereocenters. The monoisotopic (exact) mass is 278 g/mol. The summed E-state index contributed by atoms with van der Waals surface area (Å²) >= 11 is 0. The number of halogens is 2. The van der Waals surface area contributed by atoms with Gasteiger partial charge in [-0.25, -0.2) is 8.78 Å². The van der Waals surface area contributed by atoms with Crippen LogP contribution in [0.4, 0.5) is 8.78 Å². The zero-order valence-electron chi connectivity index (χ0n) is 10.5. The number of ether oxygens (including phenoxy) is 1. The fraction of sp³-hybridized carbons (Fsp3) is 0.133. The summed E-state index contributed by atoms with van der Waals surface area (Å²) < 4.78 is 31.1. The zero-order chi connectivity index (χ0) is 14.5. The first-order valence-electron chi connectivity index (χ1n) is 5.92. The molecule has 5 heteroatoms. The molecule has 0 aliphatic rings. The van der Waals surface area contributed by atoms with E-state index in [1.165, 1.54) is 6.07 Å². The van der Waals surface area contributed by atoms with Crippen molar-refractivity contribution in [3.63, 3.8) is 0 Å². The van der Waals surface area contributed by atoms with Crippen LogP contribution < -0.4 is 4.74 Å². The van der Waals surface area contributed by atoms with Gasteiger partial charge in [0.05, 0.1) is 6.42 Å². The lowest BCUT2D eigenvalue weighted by molar-refractivity contribution is -0.136. The van der Waals surface area contributed by atoms with E-state index < -0.39 is 17.6 Å². The van der Waals surface area contributed by atoms with E-state index in [1.54, 1.807) is 24.3 Å². The number of carbonyl (C=O) groups is 1. The Labute approximate surface area is 114 Å². The largest absolute Gasteiger partial charge is 0.489 e. The standard InChI is InChI=1S/C15H12F2O3/c16-13-6-5-12(8-14(13)17)20-9-11-4-2-1-3-10(11)7-15(18)19/h1-6,8H,7,9H2,(H,18,19). The molecule has 0 aromatic heterocycles. The molecule has 20 heavy (non-hydrogen) atoms. The summed E-state index contributed by atoms with van der Waals surface area (Å²) in [5.41, 5.74) is 1.32. The van der Waals surface area contributed by atoms with E-state index in [4.69, 9.17) is 9.84 Å². The van der Waals surface area contributed by atoms with Crippen molar-refractivity contribution in [1.82, 2.24) is 0 Å². The van der Waals surface area contributed by atoms with Crippen molar-refractivity contribution in [3.8, 4) is 5.75 Å². The second-order valence-corrected chi connectivity index (χ2v) is 4.20. The Morgan fingerprint density at radius 2 is 1.75 bits per heavy atom. The number of benzene rings is 2. The summed E-state index contributed by atoms with van der Waals surface area (Å²) in [5.74, 6) is -2.68. The highest BCUT2D eigenvalue weighted by Crippen LogP contribution is 2.18. The van der Waals surface area contributed by atoms with E-state index in [0.29, 0.717) is 11.1 Å². The molecule has 0 saturated heterocycles. The minimum absolute atomic E-state index is 0.0918. The van der Waals surface area contributed by atoms with Gasteiger partial charge in [-0.2, -0.15) is 0 Å². The third-order valence-electron chi connectivity index (χ3n) is 2.75. The van der Waals surface area contributed by atoms with Gasteiger partial charge in [-0.05, 0) is 23.3 Å². The van der Waals surface area contributed by atoms with E-state index in [-0.39, 0.29) is 18.8 Å². The lowest BCUT2D eigenvalue weighted by atomic mass is 10.1. The molecule has 0 amide bonds. The van der Waals surface area contributed by atoms with Gasteiger partial charge in [0, 0.05) is 6.07 Å². The zero-order valence-corrected chi connectivity index (χ0v) is 10.5. The van der Waals surface area contributed by atoms with Gasteiger partial charge >= 0.3 is 5.97 Å². The summed E-state index contributed by atoms with van der Waals surface area (Å²) in [6, 6.07) is 10.2. The maximum absolute atomic E-state index is 13.0. The molecule has 2 rings (SSSR count). The Bertz CT molecular complexity index is 626. The van der Waals surface area contributed by atoms with Gasteiger partial charge in [-0.3, -0.25) is 4.79 Å². The fourth-order valence-electron chi connectivity index (χ4n) is 1.76. The van der Waals surface area contributed by atoms with Crippen LogP contribution in [-0.2, 0) is 17.8 Å². The van der Waals surface area contributed by atoms with Crippen LogP contribution in [0.3, 0.4) is 0 Å². The average molecular weight is 278 g/mol. The first kappa shape index (κ1) is 14.0. The molecule has 0 aliphatic carbocycles. The van der Waals surface area contributed by atoms with Crippen LogP contribution in [0, 0.1) is 11.6 Å². The summed E-state index contributed by atoms with van der Waals surface area (Å²) in [6.07, 6.45) is -0.114. The van der Waals surface area contributed by atoms with Crippen LogP contribution in [0.2, 0.25) is 0 Å². The maximum atomic E-state index is 13.0. The summed E-state index contributed by atoms with van der Waals surface area (Å²) in [6.45, 7) is 0.0918. The fourth-order valence-corrected chi connectivity index (χ4v) is 1.76. The number of carboxylic acid groups (broad SMARTS) is 1. The topological polar surface area (TPSA) is 46.5 Å². The van der Waals surface area contributed by atoms with E-state index >= 15 is 0 Å². The number of aliphatic carboxylic acids is 1. The molecule has 1 N–H and O–H groups in total. The second-order valence-electron chi connectivity index (χ2n) is 4.20. The van der Waals surface area contributed by atoms with Crippen molar-refractivity contribution >= 4 is 5.97 Å². The number of hydrogen-bond acceptors (Lipinski definition) is 2. The van der Waals surface area contributed by atoms with Crippen LogP contribution in [0.15, 0.2) is 42.5 Å². The van der Waals surface area contributed by atoms with Gasteiger partial charge in [0.1, 0.15) is 12.4 Å². The second kappa shape index (κ2) is 6.14. The highest BCUT2D eigenvalue weighted by Gasteiger charge is 2.08. The van der Waals surface area contributed by atoms with E-state index in [1.807, 2.05) is 0 Å². The van der Waals surface area contributed by atoms with Gasteiger partial charge < -0.3 is 9.84 Å². The van der Waals surface area contributed by atoms with Crippen LogP contribution >= 0.6 is 0 Å². The predicted octanol–water partition coefficient (Wildman–Crippen LogP) is 3.17. The van der Waals surface area contributed by atoms with Crippen molar-refractivity contribution in [2.24, 2.45) is 0 Å². The molecular formula is C15H12F2O3. The molecule has 0 heterocycles. The highest BCUT2D eigenvalue weighted by atomic mass is 19.2. The Hall–Kier alpha value is -2.43. The van der Waals surface area contributed by atoms with Crippen LogP contribution in [-0.4, -0.2) is 11.1 Å². The molecule has 0 radical (unpaired) electrons. The van der Waals surface area contributed by atoms with E-state index in [9.17, 15) is 13.6 Å². The first-order chi connectivity index (χ1) is 9.56. The van der Waals surface area contributed by atoms with Gasteiger partial charge in [-0.1, -0.05) is 24.3 Å². The quantitative estimate of drug-likeness (QED) is 0.913. The molecular weight excluding hydrogens is 266 g/mol. The predicted molar refractivity (Wildman–Crippen MR) is 68.5 cm³/mol. The lowest BCUT2D eigenvalue weighted by Crippen LogP contribution is -2.06. The van der Waals surface area contributed by atoms with Gasteiger partial charge in [0.15, 0.2) is 11.6 Å². The maximum Gasteiger partial charge on any atom is 0.307 e. The van der Waals surface area contributed by atoms with Gasteiger partial charge in [0.2, 0.25) is 0 Å². The summed E-state index contributed by atoms with van der Waals surface area (Å²) in [7, 11) is 0. The molecule has 0 fully saturated rings. The van der Waals surface area contributed by atoms with Crippen LogP contribution in [0.25, 0.3) is 0 Å². The van der Waals surface area contributed by atoms with Gasteiger partial charge in [0.25, 0.3) is 0 Å². The third kappa shape index (κ3) is 3.54. The normalized spacial score (nSPS) is 10.3. The molecule has 0 saturated carbocycles. The molecule has 0 atom stereocenters. The Morgan fingerprint density at radius 1 is 1.05 bits per heavy atom. The van der Waals surface area contributed by atoms with Crippen LogP contribution in [0.5, 0.6) is 5.75 Å². The summed E-state index contributed by atoms with van der Waals surface area (Å²) in [4.78, 5) is 10.7. The van der Waals surface area contributed by atoms with Crippen LogP contribution in [0.1, 0.15) is 11.1 Å².